The second-order valence-corrected chi connectivity index (χ2v) is 5.71. The van der Waals surface area contributed by atoms with Gasteiger partial charge in [0.1, 0.15) is 12.4 Å². The summed E-state index contributed by atoms with van der Waals surface area (Å²) in [5.74, 6) is 0.0792. The zero-order valence-electron chi connectivity index (χ0n) is 13.3. The van der Waals surface area contributed by atoms with Gasteiger partial charge in [0.15, 0.2) is 5.79 Å². The number of hydrogen-bond acceptors (Lipinski definition) is 4. The molecule has 3 rings (SSSR count). The maximum atomic E-state index is 9.33. The van der Waals surface area contributed by atoms with E-state index in [0.29, 0.717) is 26.2 Å². The molecule has 0 unspecified atom stereocenters. The van der Waals surface area contributed by atoms with Crippen molar-refractivity contribution in [2.24, 2.45) is 0 Å². The zero-order chi connectivity index (χ0) is 16.1. The Labute approximate surface area is 136 Å². The van der Waals surface area contributed by atoms with Crippen LogP contribution in [0.5, 0.6) is 5.75 Å². The van der Waals surface area contributed by atoms with Crippen molar-refractivity contribution in [2.75, 3.05) is 19.8 Å². The standard InChI is InChI=1S/C19H22O4/c1-19(22-11-12-23-19)17-7-8-18(16(13-17)9-10-20)21-14-15-5-3-2-4-6-15/h2-8,13,20H,9-12,14H2,1H3. The summed E-state index contributed by atoms with van der Waals surface area (Å²) in [6.07, 6.45) is 0.536. The number of aliphatic hydroxyl groups is 1. The Bertz CT molecular complexity index is 633. The van der Waals surface area contributed by atoms with Crippen LogP contribution in [0.25, 0.3) is 0 Å². The van der Waals surface area contributed by atoms with Gasteiger partial charge in [-0.1, -0.05) is 30.3 Å². The average Bonchev–Trinajstić information content (AvgIpc) is 3.03. The van der Waals surface area contributed by atoms with E-state index in [0.717, 1.165) is 22.4 Å². The first-order valence-electron chi connectivity index (χ1n) is 7.90. The van der Waals surface area contributed by atoms with Gasteiger partial charge in [-0.2, -0.15) is 0 Å². The third-order valence-electron chi connectivity index (χ3n) is 4.04. The summed E-state index contributed by atoms with van der Waals surface area (Å²) in [5.41, 5.74) is 3.02. The van der Waals surface area contributed by atoms with Gasteiger partial charge in [-0.05, 0) is 42.7 Å². The van der Waals surface area contributed by atoms with Crippen molar-refractivity contribution in [3.63, 3.8) is 0 Å². The molecule has 1 aliphatic rings. The maximum Gasteiger partial charge on any atom is 0.192 e. The van der Waals surface area contributed by atoms with Crippen molar-refractivity contribution in [1.82, 2.24) is 0 Å². The largest absolute Gasteiger partial charge is 0.489 e. The lowest BCUT2D eigenvalue weighted by atomic mass is 10.0. The molecule has 0 amide bonds. The second kappa shape index (κ2) is 7.13. The Balaban J connectivity index is 1.79. The van der Waals surface area contributed by atoms with Gasteiger partial charge in [-0.15, -0.1) is 0 Å². The molecular formula is C19H22O4. The monoisotopic (exact) mass is 314 g/mol. The first-order valence-corrected chi connectivity index (χ1v) is 7.90. The number of aliphatic hydroxyl groups excluding tert-OH is 1. The van der Waals surface area contributed by atoms with Crippen molar-refractivity contribution in [3.05, 3.63) is 65.2 Å². The molecule has 4 nitrogen and oxygen atoms in total. The van der Waals surface area contributed by atoms with E-state index in [2.05, 4.69) is 0 Å². The predicted octanol–water partition coefficient (Wildman–Crippen LogP) is 3.02. The highest BCUT2D eigenvalue weighted by atomic mass is 16.7. The van der Waals surface area contributed by atoms with Crippen LogP contribution in [-0.2, 0) is 28.3 Å². The molecule has 2 aromatic rings. The third kappa shape index (κ3) is 3.72. The molecule has 0 aromatic heterocycles. The quantitative estimate of drug-likeness (QED) is 0.890. The van der Waals surface area contributed by atoms with Crippen molar-refractivity contribution >= 4 is 0 Å². The van der Waals surface area contributed by atoms with Gasteiger partial charge in [0.05, 0.1) is 13.2 Å². The normalized spacial score (nSPS) is 16.4. The lowest BCUT2D eigenvalue weighted by Gasteiger charge is -2.24. The third-order valence-corrected chi connectivity index (χ3v) is 4.04. The Morgan fingerprint density at radius 1 is 1.09 bits per heavy atom. The predicted molar refractivity (Wildman–Crippen MR) is 87.3 cm³/mol. The van der Waals surface area contributed by atoms with E-state index in [1.54, 1.807) is 0 Å². The molecule has 122 valence electrons. The Morgan fingerprint density at radius 3 is 2.52 bits per heavy atom. The molecule has 1 aliphatic heterocycles. The van der Waals surface area contributed by atoms with E-state index >= 15 is 0 Å². The number of rotatable bonds is 6. The molecule has 0 aliphatic carbocycles. The van der Waals surface area contributed by atoms with Gasteiger partial charge in [0.25, 0.3) is 0 Å². The molecule has 1 N–H and O–H groups in total. The lowest BCUT2D eigenvalue weighted by Crippen LogP contribution is -2.22. The molecule has 0 bridgehead atoms. The average molecular weight is 314 g/mol. The molecule has 2 aromatic carbocycles. The van der Waals surface area contributed by atoms with Crippen LogP contribution in [0, 0.1) is 0 Å². The van der Waals surface area contributed by atoms with Gasteiger partial charge >= 0.3 is 0 Å². The van der Waals surface area contributed by atoms with Crippen LogP contribution < -0.4 is 4.74 Å². The van der Waals surface area contributed by atoms with Crippen LogP contribution in [0.1, 0.15) is 23.6 Å². The summed E-state index contributed by atoms with van der Waals surface area (Å²) in [4.78, 5) is 0. The summed E-state index contributed by atoms with van der Waals surface area (Å²) < 4.78 is 17.3. The minimum Gasteiger partial charge on any atom is -0.489 e. The highest BCUT2D eigenvalue weighted by molar-refractivity contribution is 5.39. The van der Waals surface area contributed by atoms with Crippen LogP contribution in [0.2, 0.25) is 0 Å². The van der Waals surface area contributed by atoms with Crippen LogP contribution in [-0.4, -0.2) is 24.9 Å². The van der Waals surface area contributed by atoms with E-state index in [9.17, 15) is 5.11 Å². The molecule has 1 fully saturated rings. The molecule has 4 heteroatoms. The van der Waals surface area contributed by atoms with Gasteiger partial charge < -0.3 is 19.3 Å². The fourth-order valence-electron chi connectivity index (χ4n) is 2.74. The summed E-state index contributed by atoms with van der Waals surface area (Å²) >= 11 is 0. The van der Waals surface area contributed by atoms with E-state index in [1.165, 1.54) is 0 Å². The topological polar surface area (TPSA) is 47.9 Å². The lowest BCUT2D eigenvalue weighted by molar-refractivity contribution is -0.149. The molecule has 0 saturated carbocycles. The number of benzene rings is 2. The van der Waals surface area contributed by atoms with Crippen molar-refractivity contribution in [3.8, 4) is 5.75 Å². The second-order valence-electron chi connectivity index (χ2n) is 5.71. The Hall–Kier alpha value is -1.88. The minimum absolute atomic E-state index is 0.0730. The molecule has 1 saturated heterocycles. The Kier molecular flexibility index (Phi) is 4.96. The summed E-state index contributed by atoms with van der Waals surface area (Å²) in [5, 5.41) is 9.33. The van der Waals surface area contributed by atoms with E-state index in [1.807, 2.05) is 55.5 Å². The number of ether oxygens (including phenoxy) is 3. The van der Waals surface area contributed by atoms with E-state index in [-0.39, 0.29) is 6.61 Å². The summed E-state index contributed by atoms with van der Waals surface area (Å²) in [6, 6.07) is 15.9. The summed E-state index contributed by atoms with van der Waals surface area (Å²) in [6.45, 7) is 3.69. The molecule has 0 spiro atoms. The molecule has 23 heavy (non-hydrogen) atoms. The van der Waals surface area contributed by atoms with Crippen molar-refractivity contribution < 1.29 is 19.3 Å². The molecule has 0 radical (unpaired) electrons. The highest BCUT2D eigenvalue weighted by Crippen LogP contribution is 2.34. The van der Waals surface area contributed by atoms with Crippen molar-refractivity contribution in [2.45, 2.75) is 25.7 Å². The first-order chi connectivity index (χ1) is 11.2. The maximum absolute atomic E-state index is 9.33. The summed E-state index contributed by atoms with van der Waals surface area (Å²) in [7, 11) is 0. The smallest absolute Gasteiger partial charge is 0.192 e. The highest BCUT2D eigenvalue weighted by Gasteiger charge is 2.33. The number of hydrogen-bond donors (Lipinski definition) is 1. The fourth-order valence-corrected chi connectivity index (χ4v) is 2.74. The fraction of sp³-hybridized carbons (Fsp3) is 0.368. The van der Waals surface area contributed by atoms with Crippen LogP contribution in [0.3, 0.4) is 0 Å². The molecule has 0 atom stereocenters. The molecule has 1 heterocycles. The van der Waals surface area contributed by atoms with E-state index < -0.39 is 5.79 Å². The van der Waals surface area contributed by atoms with Gasteiger partial charge in [-0.3, -0.25) is 0 Å². The van der Waals surface area contributed by atoms with Gasteiger partial charge in [0, 0.05) is 12.2 Å². The zero-order valence-corrected chi connectivity index (χ0v) is 13.3. The molecular weight excluding hydrogens is 292 g/mol. The van der Waals surface area contributed by atoms with Crippen LogP contribution >= 0.6 is 0 Å². The van der Waals surface area contributed by atoms with Crippen LogP contribution in [0.4, 0.5) is 0 Å². The van der Waals surface area contributed by atoms with Crippen molar-refractivity contribution in [1.29, 1.82) is 0 Å². The van der Waals surface area contributed by atoms with Gasteiger partial charge in [0.2, 0.25) is 0 Å². The Morgan fingerprint density at radius 2 is 1.83 bits per heavy atom. The first kappa shape index (κ1) is 16.0. The van der Waals surface area contributed by atoms with E-state index in [4.69, 9.17) is 14.2 Å². The SMILES string of the molecule is CC1(c2ccc(OCc3ccccc3)c(CCO)c2)OCCO1. The van der Waals surface area contributed by atoms with Gasteiger partial charge in [-0.25, -0.2) is 0 Å². The van der Waals surface area contributed by atoms with Crippen LogP contribution in [0.15, 0.2) is 48.5 Å². The minimum atomic E-state index is -0.706.